The van der Waals surface area contributed by atoms with Crippen molar-refractivity contribution in [1.29, 1.82) is 0 Å². The summed E-state index contributed by atoms with van der Waals surface area (Å²) >= 11 is 7.93. The Balaban J connectivity index is 1.28. The monoisotopic (exact) mass is 606 g/mol. The van der Waals surface area contributed by atoms with E-state index in [4.69, 9.17) is 0 Å². The van der Waals surface area contributed by atoms with Crippen molar-refractivity contribution in [3.8, 4) is 0 Å². The van der Waals surface area contributed by atoms with Crippen LogP contribution in [0.4, 0.5) is 0 Å². The first-order chi connectivity index (χ1) is 20.2. The van der Waals surface area contributed by atoms with E-state index in [0.29, 0.717) is 0 Å². The van der Waals surface area contributed by atoms with E-state index < -0.39 is 0 Å². The van der Waals surface area contributed by atoms with Gasteiger partial charge in [0.2, 0.25) is 0 Å². The Morgan fingerprint density at radius 2 is 0.976 bits per heavy atom. The smallest absolute Gasteiger partial charge is 0.0714 e. The first kappa shape index (κ1) is 24.7. The predicted octanol–water partition coefficient (Wildman–Crippen LogP) is 12.7. The normalized spacial score (nSPS) is 12.8. The minimum Gasteiger partial charge on any atom is -0.341 e. The van der Waals surface area contributed by atoms with E-state index in [2.05, 4.69) is 83.8 Å². The van der Waals surface area contributed by atoms with Gasteiger partial charge in [0.05, 0.1) is 40.9 Å². The number of aryl methyl sites for hydroxylation is 2. The Morgan fingerprint density at radius 1 is 0.512 bits per heavy atom. The Hall–Kier alpha value is -2.90. The lowest BCUT2D eigenvalue weighted by molar-refractivity contribution is 0.572. The molecule has 0 aliphatic heterocycles. The first-order valence-corrected chi connectivity index (χ1v) is 18.1. The maximum Gasteiger partial charge on any atom is 0.0714 e. The van der Waals surface area contributed by atoms with Crippen LogP contribution in [0.1, 0.15) is 45.4 Å². The third-order valence-electron chi connectivity index (χ3n) is 8.94. The van der Waals surface area contributed by atoms with Crippen LogP contribution in [0.25, 0.3) is 81.2 Å². The highest BCUT2D eigenvalue weighted by Gasteiger charge is 2.23. The number of nitrogens with zero attached hydrogens (tertiary/aromatic N) is 2. The van der Waals surface area contributed by atoms with Gasteiger partial charge in [-0.3, -0.25) is 0 Å². The number of rotatable bonds is 7. The molecule has 41 heavy (non-hydrogen) atoms. The maximum atomic E-state index is 2.70. The van der Waals surface area contributed by atoms with Gasteiger partial charge in [-0.25, -0.2) is 0 Å². The minimum absolute atomic E-state index is 1.10. The molecule has 3 aromatic carbocycles. The van der Waals surface area contributed by atoms with Gasteiger partial charge in [-0.1, -0.05) is 75.4 Å². The molecule has 0 N–H and O–H groups in total. The third kappa shape index (κ3) is 3.45. The summed E-state index contributed by atoms with van der Waals surface area (Å²) in [5, 5.41) is 5.65. The molecule has 204 valence electrons. The second-order valence-corrected chi connectivity index (χ2v) is 15.6. The van der Waals surface area contributed by atoms with Crippen molar-refractivity contribution < 1.29 is 0 Å². The van der Waals surface area contributed by atoms with E-state index in [9.17, 15) is 0 Å². The van der Waals surface area contributed by atoms with Crippen LogP contribution in [-0.4, -0.2) is 9.13 Å². The van der Waals surface area contributed by atoms with Gasteiger partial charge in [0.1, 0.15) is 0 Å². The second kappa shape index (κ2) is 9.30. The molecule has 0 bridgehead atoms. The summed E-state index contributed by atoms with van der Waals surface area (Å²) in [6.07, 6.45) is 7.95. The van der Waals surface area contributed by atoms with Crippen molar-refractivity contribution in [3.05, 3.63) is 60.7 Å². The number of hydrogen-bond acceptors (Lipinski definition) is 4. The zero-order valence-electron chi connectivity index (χ0n) is 23.3. The van der Waals surface area contributed by atoms with Crippen LogP contribution in [0.15, 0.2) is 60.7 Å². The van der Waals surface area contributed by atoms with E-state index in [0.717, 1.165) is 6.54 Å². The lowest BCUT2D eigenvalue weighted by Crippen LogP contribution is -1.97. The van der Waals surface area contributed by atoms with Gasteiger partial charge >= 0.3 is 0 Å². The molecule has 9 aromatic rings. The fourth-order valence-corrected chi connectivity index (χ4v) is 12.2. The van der Waals surface area contributed by atoms with E-state index >= 15 is 0 Å². The summed E-state index contributed by atoms with van der Waals surface area (Å²) in [4.78, 5) is 0. The number of aromatic nitrogens is 2. The van der Waals surface area contributed by atoms with Gasteiger partial charge in [0.15, 0.2) is 0 Å². The predicted molar refractivity (Wildman–Crippen MR) is 188 cm³/mol. The third-order valence-corrected chi connectivity index (χ3v) is 13.9. The van der Waals surface area contributed by atoms with Gasteiger partial charge < -0.3 is 9.13 Å². The molecule has 0 atom stereocenters. The summed E-state index contributed by atoms with van der Waals surface area (Å²) in [5.74, 6) is 0. The SMILES string of the molecule is CCCCCCCCn1c2c3ccccc3sc2c2sc3cc4c(cc3c21)sc1c2sc3ccccc3c2n(C)c41. The molecule has 0 saturated carbocycles. The molecule has 0 amide bonds. The van der Waals surface area contributed by atoms with E-state index in [1.54, 1.807) is 0 Å². The minimum atomic E-state index is 1.10. The summed E-state index contributed by atoms with van der Waals surface area (Å²) in [6.45, 7) is 3.40. The van der Waals surface area contributed by atoms with Gasteiger partial charge in [-0.05, 0) is 30.7 Å². The lowest BCUT2D eigenvalue weighted by atomic mass is 10.1. The summed E-state index contributed by atoms with van der Waals surface area (Å²) in [5.41, 5.74) is 5.73. The average molecular weight is 607 g/mol. The van der Waals surface area contributed by atoms with Crippen molar-refractivity contribution >= 4 is 127 Å². The van der Waals surface area contributed by atoms with Crippen molar-refractivity contribution in [2.75, 3.05) is 0 Å². The van der Waals surface area contributed by atoms with Crippen molar-refractivity contribution in [2.24, 2.45) is 7.05 Å². The molecule has 0 aliphatic carbocycles. The first-order valence-electron chi connectivity index (χ1n) is 14.8. The summed E-state index contributed by atoms with van der Waals surface area (Å²) in [6, 6.07) is 22.9. The van der Waals surface area contributed by atoms with Crippen LogP contribution >= 0.6 is 45.3 Å². The van der Waals surface area contributed by atoms with E-state index in [1.807, 2.05) is 45.3 Å². The molecule has 6 aromatic heterocycles. The molecule has 0 radical (unpaired) electrons. The van der Waals surface area contributed by atoms with Crippen LogP contribution < -0.4 is 0 Å². The molecule has 0 saturated heterocycles. The van der Waals surface area contributed by atoms with E-state index in [-0.39, 0.29) is 0 Å². The molecular weight excluding hydrogens is 577 g/mol. The molecule has 2 nitrogen and oxygen atoms in total. The quantitative estimate of drug-likeness (QED) is 0.160. The fraction of sp³-hybridized carbons (Fsp3) is 0.257. The number of unbranched alkanes of at least 4 members (excludes halogenated alkanes) is 5. The molecule has 9 rings (SSSR count). The summed E-state index contributed by atoms with van der Waals surface area (Å²) < 4.78 is 16.6. The fourth-order valence-electron chi connectivity index (χ4n) is 7.04. The van der Waals surface area contributed by atoms with E-state index in [1.165, 1.54) is 120 Å². The highest BCUT2D eigenvalue weighted by atomic mass is 32.1. The van der Waals surface area contributed by atoms with Crippen LogP contribution in [0.3, 0.4) is 0 Å². The Bertz CT molecular complexity index is 2430. The van der Waals surface area contributed by atoms with Crippen LogP contribution in [-0.2, 0) is 13.6 Å². The molecular formula is C35H30N2S4. The molecule has 0 aliphatic rings. The largest absolute Gasteiger partial charge is 0.341 e. The van der Waals surface area contributed by atoms with Gasteiger partial charge in [0, 0.05) is 53.9 Å². The Morgan fingerprint density at radius 3 is 1.63 bits per heavy atom. The average Bonchev–Trinajstić information content (AvgIpc) is 3.80. The number of hydrogen-bond donors (Lipinski definition) is 0. The molecule has 6 heterocycles. The molecule has 0 unspecified atom stereocenters. The summed E-state index contributed by atoms with van der Waals surface area (Å²) in [7, 11) is 2.26. The maximum absolute atomic E-state index is 2.70. The standard InChI is InChI=1S/C35H30N2S4/c1-3-4-5-6-7-12-17-37-30-21-14-9-11-16-25(21)39-34(30)35-31(37)23-19-26-22(18-27(23)41-35)29-33(40-26)32-28(36(29)2)20-13-8-10-15-24(20)38-32/h8-11,13-16,18-19H,3-7,12,17H2,1-2H3. The van der Waals surface area contributed by atoms with Crippen molar-refractivity contribution in [2.45, 2.75) is 52.0 Å². The van der Waals surface area contributed by atoms with Gasteiger partial charge in [-0.2, -0.15) is 0 Å². The van der Waals surface area contributed by atoms with Crippen molar-refractivity contribution in [1.82, 2.24) is 9.13 Å². The zero-order chi connectivity index (χ0) is 27.2. The lowest BCUT2D eigenvalue weighted by Gasteiger charge is -2.08. The highest BCUT2D eigenvalue weighted by Crippen LogP contribution is 2.51. The highest BCUT2D eigenvalue weighted by molar-refractivity contribution is 7.35. The molecule has 0 fully saturated rings. The van der Waals surface area contributed by atoms with Crippen LogP contribution in [0.2, 0.25) is 0 Å². The Labute approximate surface area is 254 Å². The number of benzene rings is 3. The van der Waals surface area contributed by atoms with Crippen LogP contribution in [0.5, 0.6) is 0 Å². The van der Waals surface area contributed by atoms with Crippen molar-refractivity contribution in [3.63, 3.8) is 0 Å². The second-order valence-electron chi connectivity index (χ2n) is 11.4. The zero-order valence-corrected chi connectivity index (χ0v) is 26.5. The topological polar surface area (TPSA) is 9.86 Å². The number of thiophene rings is 4. The van der Waals surface area contributed by atoms with Gasteiger partial charge in [-0.15, -0.1) is 45.3 Å². The molecule has 0 spiro atoms. The Kier molecular flexibility index (Phi) is 5.60. The van der Waals surface area contributed by atoms with Gasteiger partial charge in [0.25, 0.3) is 0 Å². The molecule has 6 heteroatoms. The number of fused-ring (bicyclic) bond motifs is 14. The van der Waals surface area contributed by atoms with Crippen LogP contribution in [0, 0.1) is 0 Å².